The molecule has 0 bridgehead atoms. The minimum absolute atomic E-state index is 0.00491. The predicted octanol–water partition coefficient (Wildman–Crippen LogP) is 2.33. The highest BCUT2D eigenvalue weighted by Gasteiger charge is 2.24. The summed E-state index contributed by atoms with van der Waals surface area (Å²) < 4.78 is 15.0. The molecule has 1 aromatic rings. The molecule has 0 unspecified atom stereocenters. The maximum atomic E-state index is 11.9. The second kappa shape index (κ2) is 7.05. The topological polar surface area (TPSA) is 61.8 Å². The highest BCUT2D eigenvalue weighted by molar-refractivity contribution is 5.76. The van der Waals surface area contributed by atoms with E-state index in [9.17, 15) is 9.59 Å². The van der Waals surface area contributed by atoms with Crippen LogP contribution in [0.3, 0.4) is 0 Å². The summed E-state index contributed by atoms with van der Waals surface area (Å²) >= 11 is 0. The predicted molar refractivity (Wildman–Crippen MR) is 71.5 cm³/mol. The number of rotatable bonds is 5. The van der Waals surface area contributed by atoms with Crippen molar-refractivity contribution < 1.29 is 23.8 Å². The molecule has 0 saturated heterocycles. The van der Waals surface area contributed by atoms with Crippen LogP contribution in [0.25, 0.3) is 0 Å². The number of benzene rings is 1. The van der Waals surface area contributed by atoms with Gasteiger partial charge in [0.1, 0.15) is 18.1 Å². The Morgan fingerprint density at radius 3 is 2.45 bits per heavy atom. The van der Waals surface area contributed by atoms with Crippen LogP contribution in [0.1, 0.15) is 25.7 Å². The molecule has 0 amide bonds. The van der Waals surface area contributed by atoms with Gasteiger partial charge in [0.15, 0.2) is 0 Å². The second-order valence-electron chi connectivity index (χ2n) is 4.78. The van der Waals surface area contributed by atoms with Crippen molar-refractivity contribution in [3.8, 4) is 11.5 Å². The maximum Gasteiger partial charge on any atom is 0.337 e. The lowest BCUT2D eigenvalue weighted by atomic mass is 10.1. The van der Waals surface area contributed by atoms with Gasteiger partial charge in [-0.15, -0.1) is 0 Å². The number of esters is 2. The number of carbonyl (C=O) groups is 2. The van der Waals surface area contributed by atoms with E-state index in [-0.39, 0.29) is 18.5 Å². The second-order valence-corrected chi connectivity index (χ2v) is 4.78. The Labute approximate surface area is 117 Å². The van der Waals surface area contributed by atoms with Crippen molar-refractivity contribution in [3.63, 3.8) is 0 Å². The minimum atomic E-state index is -0.494. The molecule has 0 atom stereocenters. The highest BCUT2D eigenvalue weighted by Crippen LogP contribution is 2.27. The van der Waals surface area contributed by atoms with Crippen LogP contribution in [0.5, 0.6) is 11.5 Å². The van der Waals surface area contributed by atoms with E-state index in [1.807, 2.05) is 0 Å². The summed E-state index contributed by atoms with van der Waals surface area (Å²) in [5.74, 6) is 0.0257. The summed E-state index contributed by atoms with van der Waals surface area (Å²) in [6, 6.07) is 6.49. The Balaban J connectivity index is 1.95. The van der Waals surface area contributed by atoms with Crippen LogP contribution in [0.15, 0.2) is 24.3 Å². The molecular weight excluding hydrogens is 260 g/mol. The van der Waals surface area contributed by atoms with E-state index in [1.165, 1.54) is 13.2 Å². The number of methoxy groups -OCH3 is 1. The van der Waals surface area contributed by atoms with E-state index in [0.717, 1.165) is 25.7 Å². The zero-order chi connectivity index (χ0) is 14.4. The molecule has 1 aromatic carbocycles. The molecule has 108 valence electrons. The quantitative estimate of drug-likeness (QED) is 0.611. The first-order chi connectivity index (χ1) is 9.69. The van der Waals surface area contributed by atoms with Crippen LogP contribution in [-0.4, -0.2) is 25.7 Å². The van der Waals surface area contributed by atoms with Crippen molar-refractivity contribution >= 4 is 11.9 Å². The lowest BCUT2D eigenvalue weighted by Gasteiger charge is -2.10. The van der Waals surface area contributed by atoms with Crippen molar-refractivity contribution in [1.82, 2.24) is 0 Å². The third-order valence-corrected chi connectivity index (χ3v) is 3.21. The van der Waals surface area contributed by atoms with Gasteiger partial charge in [-0.1, -0.05) is 18.9 Å². The van der Waals surface area contributed by atoms with Gasteiger partial charge in [0.05, 0.1) is 5.92 Å². The zero-order valence-corrected chi connectivity index (χ0v) is 11.5. The molecule has 1 saturated carbocycles. The van der Waals surface area contributed by atoms with Crippen LogP contribution in [-0.2, 0) is 14.3 Å². The van der Waals surface area contributed by atoms with Gasteiger partial charge < -0.3 is 14.2 Å². The summed E-state index contributed by atoms with van der Waals surface area (Å²) in [6.07, 6.45) is 3.94. The first-order valence-corrected chi connectivity index (χ1v) is 6.70. The molecule has 0 radical (unpaired) electrons. The number of hydrogen-bond donors (Lipinski definition) is 0. The third kappa shape index (κ3) is 4.06. The van der Waals surface area contributed by atoms with Gasteiger partial charge >= 0.3 is 11.9 Å². The van der Waals surface area contributed by atoms with Gasteiger partial charge in [-0.25, -0.2) is 4.79 Å². The van der Waals surface area contributed by atoms with Crippen molar-refractivity contribution in [2.45, 2.75) is 25.7 Å². The van der Waals surface area contributed by atoms with Crippen LogP contribution >= 0.6 is 0 Å². The fraction of sp³-hybridized carbons (Fsp3) is 0.467. The molecule has 1 aliphatic rings. The van der Waals surface area contributed by atoms with E-state index in [2.05, 4.69) is 4.74 Å². The Bertz CT molecular complexity index is 477. The zero-order valence-electron chi connectivity index (χ0n) is 11.5. The summed E-state index contributed by atoms with van der Waals surface area (Å²) in [6.45, 7) is -0.119. The minimum Gasteiger partial charge on any atom is -0.426 e. The average Bonchev–Trinajstić information content (AvgIpc) is 2.93. The first-order valence-electron chi connectivity index (χ1n) is 6.70. The molecular formula is C15H18O5. The molecule has 0 heterocycles. The van der Waals surface area contributed by atoms with Crippen molar-refractivity contribution in [2.75, 3.05) is 13.7 Å². The monoisotopic (exact) mass is 278 g/mol. The molecule has 0 aliphatic heterocycles. The SMILES string of the molecule is COCC(=O)Oc1cccc(OC(=O)C2CCCC2)c1. The molecule has 2 rings (SSSR count). The van der Waals surface area contributed by atoms with Gasteiger partial charge in [0.2, 0.25) is 0 Å². The van der Waals surface area contributed by atoms with Gasteiger partial charge in [0.25, 0.3) is 0 Å². The van der Waals surface area contributed by atoms with Crippen LogP contribution in [0, 0.1) is 5.92 Å². The Morgan fingerprint density at radius 1 is 1.15 bits per heavy atom. The molecule has 5 nitrogen and oxygen atoms in total. The average molecular weight is 278 g/mol. The maximum absolute atomic E-state index is 11.9. The smallest absolute Gasteiger partial charge is 0.337 e. The highest BCUT2D eigenvalue weighted by atomic mass is 16.6. The number of carbonyl (C=O) groups excluding carboxylic acids is 2. The lowest BCUT2D eigenvalue weighted by molar-refractivity contribution is -0.139. The van der Waals surface area contributed by atoms with Crippen LogP contribution in [0.4, 0.5) is 0 Å². The van der Waals surface area contributed by atoms with Gasteiger partial charge in [-0.05, 0) is 25.0 Å². The van der Waals surface area contributed by atoms with Gasteiger partial charge in [-0.3, -0.25) is 4.79 Å². The largest absolute Gasteiger partial charge is 0.426 e. The molecule has 1 aliphatic carbocycles. The summed E-state index contributed by atoms with van der Waals surface area (Å²) in [7, 11) is 1.42. The van der Waals surface area contributed by atoms with E-state index in [1.54, 1.807) is 18.2 Å². The van der Waals surface area contributed by atoms with Gasteiger partial charge in [0, 0.05) is 13.2 Å². The van der Waals surface area contributed by atoms with Crippen LogP contribution in [0.2, 0.25) is 0 Å². The van der Waals surface area contributed by atoms with E-state index in [0.29, 0.717) is 11.5 Å². The molecule has 0 spiro atoms. The van der Waals surface area contributed by atoms with E-state index in [4.69, 9.17) is 9.47 Å². The molecule has 1 fully saturated rings. The fourth-order valence-electron chi connectivity index (χ4n) is 2.24. The standard InChI is InChI=1S/C15H18O5/c1-18-10-14(16)19-12-7-4-8-13(9-12)20-15(17)11-5-2-3-6-11/h4,7-9,11H,2-3,5-6,10H2,1H3. The van der Waals surface area contributed by atoms with Crippen LogP contribution < -0.4 is 9.47 Å². The Kier molecular flexibility index (Phi) is 5.12. The lowest BCUT2D eigenvalue weighted by Crippen LogP contribution is -2.18. The molecule has 5 heteroatoms. The summed E-state index contributed by atoms with van der Waals surface area (Å²) in [5, 5.41) is 0. The molecule has 20 heavy (non-hydrogen) atoms. The summed E-state index contributed by atoms with van der Waals surface area (Å²) in [5.41, 5.74) is 0. The van der Waals surface area contributed by atoms with Crippen molar-refractivity contribution in [3.05, 3.63) is 24.3 Å². The Hall–Kier alpha value is -1.88. The van der Waals surface area contributed by atoms with Gasteiger partial charge in [-0.2, -0.15) is 0 Å². The normalized spacial score (nSPS) is 15.1. The fourth-order valence-corrected chi connectivity index (χ4v) is 2.24. The van der Waals surface area contributed by atoms with E-state index >= 15 is 0 Å². The number of hydrogen-bond acceptors (Lipinski definition) is 5. The van der Waals surface area contributed by atoms with E-state index < -0.39 is 5.97 Å². The Morgan fingerprint density at radius 2 is 1.80 bits per heavy atom. The van der Waals surface area contributed by atoms with Crippen molar-refractivity contribution in [2.24, 2.45) is 5.92 Å². The van der Waals surface area contributed by atoms with Crippen molar-refractivity contribution in [1.29, 1.82) is 0 Å². The molecule has 0 N–H and O–H groups in total. The third-order valence-electron chi connectivity index (χ3n) is 3.21. The molecule has 0 aromatic heterocycles. The number of ether oxygens (including phenoxy) is 3. The summed E-state index contributed by atoms with van der Waals surface area (Å²) in [4.78, 5) is 23.2. The first kappa shape index (κ1) is 14.5.